The van der Waals surface area contributed by atoms with Gasteiger partial charge in [-0.25, -0.2) is 4.98 Å². The molecule has 2 N–H and O–H groups in total. The lowest BCUT2D eigenvalue weighted by Gasteiger charge is -2.11. The van der Waals surface area contributed by atoms with Gasteiger partial charge in [0.15, 0.2) is 4.34 Å². The van der Waals surface area contributed by atoms with E-state index in [2.05, 4.69) is 29.1 Å². The van der Waals surface area contributed by atoms with Crippen molar-refractivity contribution < 1.29 is 4.79 Å². The molecule has 4 rings (SSSR count). The van der Waals surface area contributed by atoms with Crippen molar-refractivity contribution in [3.05, 3.63) is 64.4 Å². The fourth-order valence-corrected chi connectivity index (χ4v) is 4.95. The number of carbonyl (C=O) groups is 1. The molecule has 0 saturated heterocycles. The maximum atomic E-state index is 12.4. The van der Waals surface area contributed by atoms with Crippen LogP contribution in [0.15, 0.2) is 57.7 Å². The Labute approximate surface area is 170 Å². The first-order chi connectivity index (χ1) is 13.5. The molecule has 0 spiro atoms. The van der Waals surface area contributed by atoms with Crippen LogP contribution in [0, 0.1) is 0 Å². The van der Waals surface area contributed by atoms with Gasteiger partial charge >= 0.3 is 0 Å². The Morgan fingerprint density at radius 1 is 1.21 bits per heavy atom. The molecule has 0 bridgehead atoms. The lowest BCUT2D eigenvalue weighted by Crippen LogP contribution is -2.14. The molecule has 1 amide bonds. The van der Waals surface area contributed by atoms with Crippen molar-refractivity contribution in [1.29, 1.82) is 0 Å². The minimum absolute atomic E-state index is 0.106. The van der Waals surface area contributed by atoms with Gasteiger partial charge in [-0.15, -0.1) is 11.3 Å². The zero-order chi connectivity index (χ0) is 19.7. The molecular formula is C21H19N3O2S2. The number of nitrogens with zero attached hydrogens (tertiary/aromatic N) is 1. The summed E-state index contributed by atoms with van der Waals surface area (Å²) in [6, 6.07) is 15.2. The van der Waals surface area contributed by atoms with Crippen LogP contribution in [0.1, 0.15) is 25.3 Å². The number of para-hydroxylation sites is 1. The number of carbonyl (C=O) groups excluding carboxylic acids is 1. The Hall–Kier alpha value is -2.64. The SMILES string of the molecule is CC(C)c1cc(=O)[nH]c2cc(NC(=O)CSc3nc4ccccc4s3)ccc12. The second kappa shape index (κ2) is 7.77. The Bertz CT molecular complexity index is 1190. The van der Waals surface area contributed by atoms with Gasteiger partial charge in [0, 0.05) is 17.1 Å². The minimum Gasteiger partial charge on any atom is -0.325 e. The Morgan fingerprint density at radius 3 is 2.82 bits per heavy atom. The van der Waals surface area contributed by atoms with Gasteiger partial charge in [0.2, 0.25) is 11.5 Å². The second-order valence-corrected chi connectivity index (χ2v) is 9.04. The van der Waals surface area contributed by atoms with E-state index in [4.69, 9.17) is 0 Å². The van der Waals surface area contributed by atoms with E-state index in [9.17, 15) is 9.59 Å². The predicted molar refractivity (Wildman–Crippen MR) is 118 cm³/mol. The fourth-order valence-electron chi connectivity index (χ4n) is 3.08. The monoisotopic (exact) mass is 409 g/mol. The summed E-state index contributed by atoms with van der Waals surface area (Å²) in [6.45, 7) is 4.12. The van der Waals surface area contributed by atoms with E-state index in [0.717, 1.165) is 31.0 Å². The van der Waals surface area contributed by atoms with Gasteiger partial charge in [-0.2, -0.15) is 0 Å². The quantitative estimate of drug-likeness (QED) is 0.455. The van der Waals surface area contributed by atoms with Gasteiger partial charge in [0.25, 0.3) is 0 Å². The molecule has 0 aliphatic heterocycles. The number of nitrogens with one attached hydrogen (secondary N) is 2. The van der Waals surface area contributed by atoms with Crippen LogP contribution in [0.2, 0.25) is 0 Å². The van der Waals surface area contributed by atoms with Crippen LogP contribution in [-0.2, 0) is 4.79 Å². The topological polar surface area (TPSA) is 74.8 Å². The van der Waals surface area contributed by atoms with Crippen molar-refractivity contribution in [2.75, 3.05) is 11.1 Å². The summed E-state index contributed by atoms with van der Waals surface area (Å²) >= 11 is 3.01. The fraction of sp³-hybridized carbons (Fsp3) is 0.190. The number of benzene rings is 2. The highest BCUT2D eigenvalue weighted by Crippen LogP contribution is 2.29. The van der Waals surface area contributed by atoms with E-state index in [0.29, 0.717) is 5.69 Å². The summed E-state index contributed by atoms with van der Waals surface area (Å²) in [5.41, 5.74) is 3.22. The predicted octanol–water partition coefficient (Wildman–Crippen LogP) is 4.99. The third kappa shape index (κ3) is 3.95. The molecule has 4 aromatic rings. The summed E-state index contributed by atoms with van der Waals surface area (Å²) in [5, 5.41) is 3.90. The van der Waals surface area contributed by atoms with Crippen LogP contribution in [0.4, 0.5) is 5.69 Å². The zero-order valence-electron chi connectivity index (χ0n) is 15.5. The molecule has 2 aromatic heterocycles. The number of fused-ring (bicyclic) bond motifs is 2. The molecular weight excluding hydrogens is 390 g/mol. The average molecular weight is 410 g/mol. The number of hydrogen-bond donors (Lipinski definition) is 2. The second-order valence-electron chi connectivity index (χ2n) is 6.79. The number of thiazole rings is 1. The molecule has 142 valence electrons. The van der Waals surface area contributed by atoms with E-state index in [1.165, 1.54) is 11.8 Å². The van der Waals surface area contributed by atoms with Gasteiger partial charge in [0.05, 0.1) is 21.5 Å². The normalized spacial score (nSPS) is 11.4. The Morgan fingerprint density at radius 2 is 2.04 bits per heavy atom. The van der Waals surface area contributed by atoms with Gasteiger partial charge in [-0.05, 0) is 35.7 Å². The number of amides is 1. The number of rotatable bonds is 5. The maximum Gasteiger partial charge on any atom is 0.248 e. The van der Waals surface area contributed by atoms with E-state index >= 15 is 0 Å². The Kier molecular flexibility index (Phi) is 5.19. The summed E-state index contributed by atoms with van der Waals surface area (Å²) < 4.78 is 1.99. The molecule has 2 aromatic carbocycles. The smallest absolute Gasteiger partial charge is 0.248 e. The molecule has 7 heteroatoms. The molecule has 0 radical (unpaired) electrons. The van der Waals surface area contributed by atoms with Crippen molar-refractivity contribution in [2.24, 2.45) is 0 Å². The molecule has 0 atom stereocenters. The summed E-state index contributed by atoms with van der Waals surface area (Å²) in [7, 11) is 0. The van der Waals surface area contributed by atoms with Crippen LogP contribution < -0.4 is 10.9 Å². The largest absolute Gasteiger partial charge is 0.325 e. The van der Waals surface area contributed by atoms with Crippen molar-refractivity contribution in [3.63, 3.8) is 0 Å². The first kappa shape index (κ1) is 18.7. The van der Waals surface area contributed by atoms with Crippen molar-refractivity contribution in [2.45, 2.75) is 24.1 Å². The molecule has 0 unspecified atom stereocenters. The number of hydrogen-bond acceptors (Lipinski definition) is 5. The molecule has 0 aliphatic rings. The molecule has 28 heavy (non-hydrogen) atoms. The number of H-pyrrole nitrogens is 1. The molecule has 5 nitrogen and oxygen atoms in total. The third-order valence-corrected chi connectivity index (χ3v) is 6.56. The van der Waals surface area contributed by atoms with Gasteiger partial charge in [0.1, 0.15) is 0 Å². The summed E-state index contributed by atoms with van der Waals surface area (Å²) in [5.74, 6) is 0.418. The number of aromatic amines is 1. The van der Waals surface area contributed by atoms with Gasteiger partial charge in [-0.3, -0.25) is 9.59 Å². The highest BCUT2D eigenvalue weighted by atomic mass is 32.2. The van der Waals surface area contributed by atoms with Crippen LogP contribution in [-0.4, -0.2) is 21.6 Å². The molecule has 2 heterocycles. The van der Waals surface area contributed by atoms with Crippen LogP contribution in [0.25, 0.3) is 21.1 Å². The number of pyridine rings is 1. The van der Waals surface area contributed by atoms with E-state index in [1.54, 1.807) is 17.4 Å². The van der Waals surface area contributed by atoms with E-state index in [-0.39, 0.29) is 23.1 Å². The van der Waals surface area contributed by atoms with Gasteiger partial charge in [-0.1, -0.05) is 43.8 Å². The summed E-state index contributed by atoms with van der Waals surface area (Å²) in [4.78, 5) is 31.7. The number of anilines is 1. The van der Waals surface area contributed by atoms with Crippen LogP contribution in [0.3, 0.4) is 0 Å². The third-order valence-electron chi connectivity index (χ3n) is 4.38. The summed E-state index contributed by atoms with van der Waals surface area (Å²) in [6.07, 6.45) is 0. The minimum atomic E-state index is -0.133. The highest BCUT2D eigenvalue weighted by Gasteiger charge is 2.11. The van der Waals surface area contributed by atoms with Crippen molar-refractivity contribution >= 4 is 55.8 Å². The lowest BCUT2D eigenvalue weighted by molar-refractivity contribution is -0.113. The zero-order valence-corrected chi connectivity index (χ0v) is 17.1. The highest BCUT2D eigenvalue weighted by molar-refractivity contribution is 8.01. The van der Waals surface area contributed by atoms with Crippen molar-refractivity contribution in [1.82, 2.24) is 9.97 Å². The van der Waals surface area contributed by atoms with E-state index < -0.39 is 0 Å². The van der Waals surface area contributed by atoms with Crippen LogP contribution in [0.5, 0.6) is 0 Å². The number of aromatic nitrogens is 2. The van der Waals surface area contributed by atoms with Crippen LogP contribution >= 0.6 is 23.1 Å². The lowest BCUT2D eigenvalue weighted by atomic mass is 9.99. The van der Waals surface area contributed by atoms with Gasteiger partial charge < -0.3 is 10.3 Å². The number of thioether (sulfide) groups is 1. The molecule has 0 fully saturated rings. The van der Waals surface area contributed by atoms with E-state index in [1.807, 2.05) is 42.5 Å². The first-order valence-corrected chi connectivity index (χ1v) is 10.7. The van der Waals surface area contributed by atoms with Crippen molar-refractivity contribution in [3.8, 4) is 0 Å². The maximum absolute atomic E-state index is 12.4. The standard InChI is InChI=1S/C21H19N3O2S2/c1-12(2)15-10-19(25)23-17-9-13(7-8-14(15)17)22-20(26)11-27-21-24-16-5-3-4-6-18(16)28-21/h3-10,12H,11H2,1-2H3,(H,22,26)(H,23,25). The Balaban J connectivity index is 1.48. The molecule has 0 saturated carbocycles. The average Bonchev–Trinajstić information content (AvgIpc) is 3.08. The molecule has 0 aliphatic carbocycles. The first-order valence-electron chi connectivity index (χ1n) is 8.95.